The molecule has 1 atom stereocenters. The first kappa shape index (κ1) is 14.3. The van der Waals surface area contributed by atoms with E-state index < -0.39 is 21.1 Å². The maximum atomic E-state index is 11.6. The smallest absolute Gasteiger partial charge is 0.326 e. The number of methoxy groups -OCH3 is 1. The van der Waals surface area contributed by atoms with E-state index in [1.165, 1.54) is 6.07 Å². The van der Waals surface area contributed by atoms with Gasteiger partial charge in [0.1, 0.15) is 5.75 Å². The molecule has 1 unspecified atom stereocenters. The predicted molar refractivity (Wildman–Crippen MR) is 75.7 cm³/mol. The Bertz CT molecular complexity index is 764. The van der Waals surface area contributed by atoms with E-state index in [-0.39, 0.29) is 5.56 Å². The predicted octanol–water partition coefficient (Wildman–Crippen LogP) is 2.02. The van der Waals surface area contributed by atoms with Crippen molar-refractivity contribution >= 4 is 26.6 Å². The van der Waals surface area contributed by atoms with Crippen LogP contribution in [0.15, 0.2) is 36.4 Å². The summed E-state index contributed by atoms with van der Waals surface area (Å²) in [4.78, 5) is 11.2. The minimum Gasteiger partial charge on any atom is -0.497 e. The average Bonchev–Trinajstić information content (AvgIpc) is 2.36. The number of aliphatic carboxylic acids is 1. The normalized spacial score (nSPS) is 13.1. The second-order valence-corrected chi connectivity index (χ2v) is 6.65. The second-order valence-electron chi connectivity index (χ2n) is 4.52. The van der Waals surface area contributed by atoms with Crippen LogP contribution in [0.2, 0.25) is 0 Å². The van der Waals surface area contributed by atoms with Crippen molar-refractivity contribution < 1.29 is 23.1 Å². The molecule has 0 heterocycles. The number of carboxylic acids is 1. The number of ether oxygens (including phenoxy) is 1. The van der Waals surface area contributed by atoms with Gasteiger partial charge < -0.3 is 9.84 Å². The highest BCUT2D eigenvalue weighted by molar-refractivity contribution is 7.91. The lowest BCUT2D eigenvalue weighted by atomic mass is 10.0. The number of benzene rings is 2. The van der Waals surface area contributed by atoms with Gasteiger partial charge in [0.25, 0.3) is 0 Å². The number of rotatable bonds is 4. The third kappa shape index (κ3) is 2.75. The molecule has 0 amide bonds. The number of hydrogen-bond donors (Lipinski definition) is 1. The van der Waals surface area contributed by atoms with E-state index in [0.29, 0.717) is 5.75 Å². The first-order valence-corrected chi connectivity index (χ1v) is 7.78. The quantitative estimate of drug-likeness (QED) is 0.933. The van der Waals surface area contributed by atoms with E-state index >= 15 is 0 Å². The summed E-state index contributed by atoms with van der Waals surface area (Å²) in [6.45, 7) is 0. The molecule has 0 fully saturated rings. The Morgan fingerprint density at radius 2 is 1.75 bits per heavy atom. The number of hydrogen-bond acceptors (Lipinski definition) is 4. The van der Waals surface area contributed by atoms with Crippen molar-refractivity contribution in [1.82, 2.24) is 0 Å². The molecule has 0 aliphatic rings. The minimum atomic E-state index is -3.72. The van der Waals surface area contributed by atoms with Gasteiger partial charge in [-0.25, -0.2) is 8.42 Å². The van der Waals surface area contributed by atoms with Crippen LogP contribution in [-0.2, 0) is 14.6 Å². The molecular weight excluding hydrogens is 280 g/mol. The molecule has 2 aromatic rings. The number of carboxylic acid groups (broad SMARTS) is 1. The molecule has 2 aromatic carbocycles. The zero-order valence-electron chi connectivity index (χ0n) is 11.0. The highest BCUT2D eigenvalue weighted by Gasteiger charge is 2.30. The molecule has 0 aliphatic heterocycles. The van der Waals surface area contributed by atoms with Gasteiger partial charge >= 0.3 is 5.97 Å². The van der Waals surface area contributed by atoms with E-state index in [1.807, 2.05) is 0 Å². The van der Waals surface area contributed by atoms with Crippen LogP contribution in [0.1, 0.15) is 10.8 Å². The van der Waals surface area contributed by atoms with Crippen molar-refractivity contribution in [1.29, 1.82) is 0 Å². The second kappa shape index (κ2) is 5.13. The summed E-state index contributed by atoms with van der Waals surface area (Å²) < 4.78 is 28.3. The maximum absolute atomic E-state index is 11.6. The standard InChI is InChI=1S/C14H14O5S/c1-19-12-6-5-9-7-11(4-3-10(9)8-12)13(14(15)16)20(2,17)18/h3-8,13H,1-2H3,(H,15,16). The Hall–Kier alpha value is -2.08. The van der Waals surface area contributed by atoms with Gasteiger partial charge in [0, 0.05) is 6.26 Å². The van der Waals surface area contributed by atoms with Crippen LogP contribution in [0.3, 0.4) is 0 Å². The third-order valence-corrected chi connectivity index (χ3v) is 4.36. The molecular formula is C14H14O5S. The topological polar surface area (TPSA) is 80.7 Å². The highest BCUT2D eigenvalue weighted by atomic mass is 32.2. The average molecular weight is 294 g/mol. The van der Waals surface area contributed by atoms with Crippen molar-refractivity contribution in [3.8, 4) is 5.75 Å². The zero-order valence-corrected chi connectivity index (χ0v) is 11.8. The highest BCUT2D eigenvalue weighted by Crippen LogP contribution is 2.27. The third-order valence-electron chi connectivity index (χ3n) is 3.03. The Morgan fingerprint density at radius 3 is 2.30 bits per heavy atom. The van der Waals surface area contributed by atoms with Crippen LogP contribution in [0.5, 0.6) is 5.75 Å². The van der Waals surface area contributed by atoms with E-state index in [4.69, 9.17) is 9.84 Å². The van der Waals surface area contributed by atoms with Gasteiger partial charge in [-0.15, -0.1) is 0 Å². The summed E-state index contributed by atoms with van der Waals surface area (Å²) in [7, 11) is -2.17. The summed E-state index contributed by atoms with van der Waals surface area (Å²) in [5.74, 6) is -0.691. The monoisotopic (exact) mass is 294 g/mol. The Kier molecular flexibility index (Phi) is 3.67. The van der Waals surface area contributed by atoms with Gasteiger partial charge in [0.05, 0.1) is 7.11 Å². The molecule has 2 rings (SSSR count). The molecule has 0 saturated carbocycles. The molecule has 0 aromatic heterocycles. The molecule has 0 radical (unpaired) electrons. The molecule has 0 spiro atoms. The summed E-state index contributed by atoms with van der Waals surface area (Å²) in [5, 5.41) is 9.18. The first-order valence-electron chi connectivity index (χ1n) is 5.82. The largest absolute Gasteiger partial charge is 0.497 e. The van der Waals surface area contributed by atoms with Gasteiger partial charge in [-0.05, 0) is 34.5 Å². The van der Waals surface area contributed by atoms with E-state index in [1.54, 1.807) is 37.4 Å². The fraction of sp³-hybridized carbons (Fsp3) is 0.214. The Labute approximate surface area is 116 Å². The summed E-state index contributed by atoms with van der Waals surface area (Å²) in [6.07, 6.45) is 0.921. The Morgan fingerprint density at radius 1 is 1.15 bits per heavy atom. The maximum Gasteiger partial charge on any atom is 0.326 e. The molecule has 106 valence electrons. The Balaban J connectivity index is 2.58. The van der Waals surface area contributed by atoms with Crippen LogP contribution >= 0.6 is 0 Å². The summed E-state index contributed by atoms with van der Waals surface area (Å²) in [6, 6.07) is 10.1. The van der Waals surface area contributed by atoms with Gasteiger partial charge in [-0.3, -0.25) is 4.79 Å². The zero-order chi connectivity index (χ0) is 14.9. The SMILES string of the molecule is COc1ccc2cc(C(C(=O)O)S(C)(=O)=O)ccc2c1. The van der Waals surface area contributed by atoms with Gasteiger partial charge in [0.15, 0.2) is 15.1 Å². The summed E-state index contributed by atoms with van der Waals surface area (Å²) >= 11 is 0. The van der Waals surface area contributed by atoms with Gasteiger partial charge in [-0.2, -0.15) is 0 Å². The van der Waals surface area contributed by atoms with E-state index in [9.17, 15) is 13.2 Å². The lowest BCUT2D eigenvalue weighted by Crippen LogP contribution is -2.20. The molecule has 1 N–H and O–H groups in total. The van der Waals surface area contributed by atoms with E-state index in [2.05, 4.69) is 0 Å². The van der Waals surface area contributed by atoms with Crippen LogP contribution < -0.4 is 4.74 Å². The lowest BCUT2D eigenvalue weighted by Gasteiger charge is -2.12. The fourth-order valence-electron chi connectivity index (χ4n) is 2.11. The van der Waals surface area contributed by atoms with Gasteiger partial charge in [0.2, 0.25) is 0 Å². The molecule has 0 saturated heterocycles. The minimum absolute atomic E-state index is 0.248. The number of sulfone groups is 1. The summed E-state index contributed by atoms with van der Waals surface area (Å²) in [5.41, 5.74) is 0.248. The molecule has 5 nitrogen and oxygen atoms in total. The van der Waals surface area contributed by atoms with Crippen molar-refractivity contribution in [2.45, 2.75) is 5.25 Å². The number of carbonyl (C=O) groups is 1. The van der Waals surface area contributed by atoms with Crippen molar-refractivity contribution in [3.63, 3.8) is 0 Å². The van der Waals surface area contributed by atoms with Crippen molar-refractivity contribution in [3.05, 3.63) is 42.0 Å². The van der Waals surface area contributed by atoms with Crippen molar-refractivity contribution in [2.24, 2.45) is 0 Å². The molecule has 0 bridgehead atoms. The first-order chi connectivity index (χ1) is 9.32. The van der Waals surface area contributed by atoms with E-state index in [0.717, 1.165) is 17.0 Å². The molecule has 6 heteroatoms. The number of fused-ring (bicyclic) bond motifs is 1. The van der Waals surface area contributed by atoms with Crippen LogP contribution in [0, 0.1) is 0 Å². The molecule has 0 aliphatic carbocycles. The van der Waals surface area contributed by atoms with Crippen LogP contribution in [-0.4, -0.2) is 32.9 Å². The van der Waals surface area contributed by atoms with Crippen LogP contribution in [0.25, 0.3) is 10.8 Å². The van der Waals surface area contributed by atoms with Crippen molar-refractivity contribution in [2.75, 3.05) is 13.4 Å². The lowest BCUT2D eigenvalue weighted by molar-refractivity contribution is -0.136. The van der Waals surface area contributed by atoms with Gasteiger partial charge in [-0.1, -0.05) is 18.2 Å². The van der Waals surface area contributed by atoms with Crippen LogP contribution in [0.4, 0.5) is 0 Å². The fourth-order valence-corrected chi connectivity index (χ4v) is 3.11. The molecule has 20 heavy (non-hydrogen) atoms.